The Morgan fingerprint density at radius 1 is 1.41 bits per heavy atom. The van der Waals surface area contributed by atoms with Crippen molar-refractivity contribution in [2.24, 2.45) is 7.05 Å². The minimum atomic E-state index is -0.683. The van der Waals surface area contributed by atoms with Gasteiger partial charge in [0.15, 0.2) is 11.3 Å². The normalized spacial score (nSPS) is 10.9. The van der Waals surface area contributed by atoms with Crippen LogP contribution in [0.3, 0.4) is 0 Å². The highest BCUT2D eigenvalue weighted by atomic mass is 35.5. The van der Waals surface area contributed by atoms with Gasteiger partial charge in [-0.15, -0.1) is 5.10 Å². The molecule has 0 unspecified atom stereocenters. The van der Waals surface area contributed by atoms with Crippen LogP contribution in [0.15, 0.2) is 29.3 Å². The molecule has 1 N–H and O–H groups in total. The van der Waals surface area contributed by atoms with Gasteiger partial charge in [0.25, 0.3) is 5.91 Å². The summed E-state index contributed by atoms with van der Waals surface area (Å²) in [6.07, 6.45) is 1.16. The molecular formula is C12H8ClFN6O2. The first-order chi connectivity index (χ1) is 10.5. The predicted molar refractivity (Wildman–Crippen MR) is 75.4 cm³/mol. The molecule has 8 nitrogen and oxygen atoms in total. The third-order valence-electron chi connectivity index (χ3n) is 2.91. The van der Waals surface area contributed by atoms with Crippen molar-refractivity contribution in [3.8, 4) is 0 Å². The summed E-state index contributed by atoms with van der Waals surface area (Å²) < 4.78 is 15.4. The molecule has 1 amide bonds. The molecule has 112 valence electrons. The minimum absolute atomic E-state index is 0.00637. The molecule has 1 aromatic carbocycles. The van der Waals surface area contributed by atoms with E-state index in [4.69, 9.17) is 11.6 Å². The van der Waals surface area contributed by atoms with E-state index < -0.39 is 17.4 Å². The molecule has 0 radical (unpaired) electrons. The Bertz CT molecular complexity index is 950. The van der Waals surface area contributed by atoms with Crippen LogP contribution in [0.25, 0.3) is 5.65 Å². The number of imidazole rings is 1. The number of fused-ring (bicyclic) bond motifs is 1. The largest absolute Gasteiger partial charge is 0.352 e. The van der Waals surface area contributed by atoms with Gasteiger partial charge in [-0.05, 0) is 12.1 Å². The number of hydrogen-bond acceptors (Lipinski definition) is 5. The second-order valence-electron chi connectivity index (χ2n) is 4.34. The first-order valence-corrected chi connectivity index (χ1v) is 6.39. The number of halogens is 2. The van der Waals surface area contributed by atoms with Crippen LogP contribution in [-0.2, 0) is 7.05 Å². The van der Waals surface area contributed by atoms with Crippen molar-refractivity contribution in [1.29, 1.82) is 0 Å². The van der Waals surface area contributed by atoms with Crippen LogP contribution in [-0.4, -0.2) is 30.3 Å². The molecule has 0 atom stereocenters. The topological polar surface area (TPSA) is 94.2 Å². The van der Waals surface area contributed by atoms with Crippen molar-refractivity contribution in [2.75, 3.05) is 5.32 Å². The Labute approximate surface area is 127 Å². The lowest BCUT2D eigenvalue weighted by atomic mass is 10.3. The van der Waals surface area contributed by atoms with Gasteiger partial charge in [-0.1, -0.05) is 22.9 Å². The number of carbonyl (C=O) groups excluding carboxylic acids is 1. The molecule has 0 fully saturated rings. The number of nitrogens with zero attached hydrogens (tertiary/aromatic N) is 5. The highest BCUT2D eigenvalue weighted by Crippen LogP contribution is 2.25. The second-order valence-corrected chi connectivity index (χ2v) is 4.72. The summed E-state index contributed by atoms with van der Waals surface area (Å²) >= 11 is 5.77. The number of aryl methyl sites for hydroxylation is 1. The quantitative estimate of drug-likeness (QED) is 0.755. The maximum atomic E-state index is 13.4. The van der Waals surface area contributed by atoms with E-state index in [1.807, 2.05) is 0 Å². The van der Waals surface area contributed by atoms with E-state index in [0.717, 1.165) is 15.4 Å². The van der Waals surface area contributed by atoms with Gasteiger partial charge >= 0.3 is 5.69 Å². The summed E-state index contributed by atoms with van der Waals surface area (Å²) in [7, 11) is 1.42. The van der Waals surface area contributed by atoms with E-state index in [1.54, 1.807) is 0 Å². The molecule has 10 heteroatoms. The fraction of sp³-hybridized carbons (Fsp3) is 0.0833. The standard InChI is InChI=1S/C12H8ClFN6O2/c1-19-12(22)20-5-15-9(10(20)17-18-19)11(21)16-7-4-2-3-6(14)8(7)13/h2-5H,1H3,(H,16,21). The van der Waals surface area contributed by atoms with E-state index in [2.05, 4.69) is 20.6 Å². The number of rotatable bonds is 2. The number of amides is 1. The van der Waals surface area contributed by atoms with Gasteiger partial charge in [0.2, 0.25) is 0 Å². The maximum absolute atomic E-state index is 13.4. The lowest BCUT2D eigenvalue weighted by Crippen LogP contribution is -2.27. The number of carbonyl (C=O) groups is 1. The minimum Gasteiger partial charge on any atom is -0.319 e. The van der Waals surface area contributed by atoms with E-state index >= 15 is 0 Å². The highest BCUT2D eigenvalue weighted by Gasteiger charge is 2.18. The number of hydrogen-bond donors (Lipinski definition) is 1. The number of benzene rings is 1. The fourth-order valence-electron chi connectivity index (χ4n) is 1.82. The molecule has 0 spiro atoms. The van der Waals surface area contributed by atoms with Crippen LogP contribution in [0.1, 0.15) is 10.5 Å². The number of anilines is 1. The number of aromatic nitrogens is 5. The van der Waals surface area contributed by atoms with Crippen LogP contribution in [0.5, 0.6) is 0 Å². The Morgan fingerprint density at radius 3 is 2.95 bits per heavy atom. The zero-order valence-corrected chi connectivity index (χ0v) is 11.9. The summed E-state index contributed by atoms with van der Waals surface area (Å²) in [4.78, 5) is 27.9. The Morgan fingerprint density at radius 2 is 2.18 bits per heavy atom. The third-order valence-corrected chi connectivity index (χ3v) is 3.30. The lowest BCUT2D eigenvalue weighted by Gasteiger charge is -2.06. The molecule has 0 saturated carbocycles. The van der Waals surface area contributed by atoms with Crippen LogP contribution in [0, 0.1) is 5.82 Å². The summed E-state index contributed by atoms with van der Waals surface area (Å²) in [5.41, 5.74) is -0.538. The van der Waals surface area contributed by atoms with Gasteiger partial charge in [-0.25, -0.2) is 18.6 Å². The van der Waals surface area contributed by atoms with Crippen molar-refractivity contribution in [3.63, 3.8) is 0 Å². The molecule has 3 aromatic rings. The van der Waals surface area contributed by atoms with E-state index in [9.17, 15) is 14.0 Å². The van der Waals surface area contributed by atoms with Crippen molar-refractivity contribution in [1.82, 2.24) is 24.4 Å². The van der Waals surface area contributed by atoms with Gasteiger partial charge in [-0.2, -0.15) is 4.68 Å². The van der Waals surface area contributed by atoms with Crippen LogP contribution >= 0.6 is 11.6 Å². The molecular weight excluding hydrogens is 315 g/mol. The van der Waals surface area contributed by atoms with E-state index in [0.29, 0.717) is 0 Å². The summed E-state index contributed by atoms with van der Waals surface area (Å²) in [5.74, 6) is -1.35. The van der Waals surface area contributed by atoms with Crippen molar-refractivity contribution < 1.29 is 9.18 Å². The second kappa shape index (κ2) is 5.19. The van der Waals surface area contributed by atoms with Crippen LogP contribution in [0.4, 0.5) is 10.1 Å². The Hall–Kier alpha value is -2.81. The number of nitrogens with one attached hydrogen (secondary N) is 1. The molecule has 2 aromatic heterocycles. The molecule has 0 bridgehead atoms. The Balaban J connectivity index is 2.01. The van der Waals surface area contributed by atoms with Gasteiger partial charge in [0.1, 0.15) is 12.1 Å². The predicted octanol–water partition coefficient (Wildman–Crippen LogP) is 0.868. The van der Waals surface area contributed by atoms with Crippen molar-refractivity contribution in [2.45, 2.75) is 0 Å². The molecule has 0 aliphatic heterocycles. The maximum Gasteiger partial charge on any atom is 0.352 e. The van der Waals surface area contributed by atoms with Gasteiger partial charge < -0.3 is 5.32 Å². The zero-order valence-electron chi connectivity index (χ0n) is 11.1. The molecule has 0 aliphatic carbocycles. The summed E-state index contributed by atoms with van der Waals surface area (Å²) in [6.45, 7) is 0. The zero-order chi connectivity index (χ0) is 15.9. The first-order valence-electron chi connectivity index (χ1n) is 6.01. The van der Waals surface area contributed by atoms with Gasteiger partial charge in [-0.3, -0.25) is 4.79 Å². The average molecular weight is 323 g/mol. The van der Waals surface area contributed by atoms with Crippen LogP contribution < -0.4 is 11.0 Å². The summed E-state index contributed by atoms with van der Waals surface area (Å²) in [5, 5.41) is 9.53. The summed E-state index contributed by atoms with van der Waals surface area (Å²) in [6, 6.07) is 4.00. The van der Waals surface area contributed by atoms with Crippen molar-refractivity contribution in [3.05, 3.63) is 51.5 Å². The molecule has 22 heavy (non-hydrogen) atoms. The Kier molecular flexibility index (Phi) is 3.33. The lowest BCUT2D eigenvalue weighted by molar-refractivity contribution is 0.102. The SMILES string of the molecule is Cn1nnc2c(C(=O)Nc3cccc(F)c3Cl)ncn2c1=O. The van der Waals surface area contributed by atoms with Crippen molar-refractivity contribution >= 4 is 28.8 Å². The monoisotopic (exact) mass is 322 g/mol. The third kappa shape index (κ3) is 2.21. The molecule has 0 aliphatic rings. The molecule has 2 heterocycles. The van der Waals surface area contributed by atoms with Crippen LogP contribution in [0.2, 0.25) is 5.02 Å². The first kappa shape index (κ1) is 14.1. The van der Waals surface area contributed by atoms with Gasteiger partial charge in [0, 0.05) is 7.05 Å². The molecule has 3 rings (SSSR count). The fourth-order valence-corrected chi connectivity index (χ4v) is 2.00. The van der Waals surface area contributed by atoms with E-state index in [1.165, 1.54) is 25.2 Å². The van der Waals surface area contributed by atoms with E-state index in [-0.39, 0.29) is 22.1 Å². The highest BCUT2D eigenvalue weighted by molar-refractivity contribution is 6.34. The molecule has 0 saturated heterocycles. The average Bonchev–Trinajstić information content (AvgIpc) is 2.92. The smallest absolute Gasteiger partial charge is 0.319 e. The van der Waals surface area contributed by atoms with Gasteiger partial charge in [0.05, 0.1) is 10.7 Å².